The van der Waals surface area contributed by atoms with Crippen molar-refractivity contribution in [3.8, 4) is 0 Å². The molecule has 0 bridgehead atoms. The zero-order valence-electron chi connectivity index (χ0n) is 11.0. The van der Waals surface area contributed by atoms with Crippen LogP contribution in [0, 0.1) is 11.3 Å². The van der Waals surface area contributed by atoms with Crippen molar-refractivity contribution in [2.24, 2.45) is 11.3 Å². The maximum atomic E-state index is 3.66. The van der Waals surface area contributed by atoms with Crippen LogP contribution >= 0.6 is 0 Å². The van der Waals surface area contributed by atoms with Crippen LogP contribution < -0.4 is 5.32 Å². The van der Waals surface area contributed by atoms with E-state index in [-0.39, 0.29) is 0 Å². The average molecular weight is 199 g/mol. The normalized spacial score (nSPS) is 16.7. The van der Waals surface area contributed by atoms with Crippen LogP contribution in [-0.4, -0.2) is 12.6 Å². The second-order valence-electron chi connectivity index (χ2n) is 5.14. The largest absolute Gasteiger partial charge is 0.313 e. The van der Waals surface area contributed by atoms with Gasteiger partial charge < -0.3 is 5.32 Å². The summed E-state index contributed by atoms with van der Waals surface area (Å²) in [5.74, 6) is 0.787. The fourth-order valence-electron chi connectivity index (χ4n) is 2.31. The summed E-state index contributed by atoms with van der Waals surface area (Å²) in [5.41, 5.74) is 0.421. The maximum absolute atomic E-state index is 3.66. The van der Waals surface area contributed by atoms with Gasteiger partial charge in [-0.05, 0) is 30.7 Å². The zero-order chi connectivity index (χ0) is 11.2. The van der Waals surface area contributed by atoms with Crippen LogP contribution in [0.3, 0.4) is 0 Å². The number of nitrogens with one attached hydrogen (secondary N) is 1. The Hall–Kier alpha value is -0.0400. The SMILES string of the molecule is CCCC(C)C(NCC)C(C)(C)CC. The molecule has 2 atom stereocenters. The Morgan fingerprint density at radius 2 is 1.71 bits per heavy atom. The lowest BCUT2D eigenvalue weighted by atomic mass is 9.75. The molecule has 0 saturated heterocycles. The molecule has 0 radical (unpaired) electrons. The van der Waals surface area contributed by atoms with E-state index in [2.05, 4.69) is 46.9 Å². The van der Waals surface area contributed by atoms with Gasteiger partial charge in [-0.3, -0.25) is 0 Å². The van der Waals surface area contributed by atoms with E-state index < -0.39 is 0 Å². The Labute approximate surface area is 90.7 Å². The Morgan fingerprint density at radius 1 is 1.14 bits per heavy atom. The smallest absolute Gasteiger partial charge is 0.0144 e. The Morgan fingerprint density at radius 3 is 2.07 bits per heavy atom. The molecule has 1 nitrogen and oxygen atoms in total. The van der Waals surface area contributed by atoms with Gasteiger partial charge in [0.2, 0.25) is 0 Å². The van der Waals surface area contributed by atoms with Crippen molar-refractivity contribution in [2.75, 3.05) is 6.54 Å². The van der Waals surface area contributed by atoms with Crippen molar-refractivity contribution < 1.29 is 0 Å². The van der Waals surface area contributed by atoms with Crippen LogP contribution in [-0.2, 0) is 0 Å². The molecule has 0 aliphatic heterocycles. The van der Waals surface area contributed by atoms with Crippen LogP contribution in [0.15, 0.2) is 0 Å². The third kappa shape index (κ3) is 4.00. The van der Waals surface area contributed by atoms with Crippen LogP contribution in [0.1, 0.15) is 60.8 Å². The third-order valence-electron chi connectivity index (χ3n) is 3.49. The van der Waals surface area contributed by atoms with Crippen LogP contribution in [0.25, 0.3) is 0 Å². The van der Waals surface area contributed by atoms with E-state index >= 15 is 0 Å². The maximum Gasteiger partial charge on any atom is 0.0144 e. The Kier molecular flexibility index (Phi) is 6.43. The average Bonchev–Trinajstić information content (AvgIpc) is 2.14. The molecule has 0 aromatic heterocycles. The van der Waals surface area contributed by atoms with E-state index in [4.69, 9.17) is 0 Å². The van der Waals surface area contributed by atoms with Crippen molar-refractivity contribution in [3.05, 3.63) is 0 Å². The molecule has 1 N–H and O–H groups in total. The molecule has 2 unspecified atom stereocenters. The monoisotopic (exact) mass is 199 g/mol. The van der Waals surface area contributed by atoms with Crippen LogP contribution in [0.4, 0.5) is 0 Å². The molecule has 14 heavy (non-hydrogen) atoms. The lowest BCUT2D eigenvalue weighted by Gasteiger charge is -2.38. The fourth-order valence-corrected chi connectivity index (χ4v) is 2.31. The molecule has 0 aliphatic rings. The minimum atomic E-state index is 0.421. The van der Waals surface area contributed by atoms with Gasteiger partial charge >= 0.3 is 0 Å². The van der Waals surface area contributed by atoms with Gasteiger partial charge in [0.25, 0.3) is 0 Å². The van der Waals surface area contributed by atoms with Crippen molar-refractivity contribution in [1.82, 2.24) is 5.32 Å². The number of hydrogen-bond donors (Lipinski definition) is 1. The van der Waals surface area contributed by atoms with E-state index in [1.807, 2.05) is 0 Å². The van der Waals surface area contributed by atoms with E-state index in [0.717, 1.165) is 12.5 Å². The van der Waals surface area contributed by atoms with Gasteiger partial charge in [0.05, 0.1) is 0 Å². The summed E-state index contributed by atoms with van der Waals surface area (Å²) in [6.45, 7) is 15.0. The molecule has 0 aromatic rings. The highest BCUT2D eigenvalue weighted by Gasteiger charge is 2.30. The van der Waals surface area contributed by atoms with Gasteiger partial charge in [-0.15, -0.1) is 0 Å². The van der Waals surface area contributed by atoms with Gasteiger partial charge in [0, 0.05) is 6.04 Å². The van der Waals surface area contributed by atoms with Crippen LogP contribution in [0.2, 0.25) is 0 Å². The van der Waals surface area contributed by atoms with Gasteiger partial charge in [0.15, 0.2) is 0 Å². The first-order chi connectivity index (χ1) is 6.49. The van der Waals surface area contributed by atoms with Gasteiger partial charge in [-0.25, -0.2) is 0 Å². The molecule has 0 aliphatic carbocycles. The molecule has 1 heteroatoms. The first kappa shape index (κ1) is 14.0. The molecule has 0 aromatic carbocycles. The molecular formula is C13H29N. The highest BCUT2D eigenvalue weighted by Crippen LogP contribution is 2.31. The van der Waals surface area contributed by atoms with Gasteiger partial charge in [0.1, 0.15) is 0 Å². The van der Waals surface area contributed by atoms with E-state index in [9.17, 15) is 0 Å². The quantitative estimate of drug-likeness (QED) is 0.657. The summed E-state index contributed by atoms with van der Waals surface area (Å²) >= 11 is 0. The standard InChI is InChI=1S/C13H29N/c1-7-10-11(4)12(14-9-3)13(5,6)8-2/h11-12,14H,7-10H2,1-6H3. The molecule has 86 valence electrons. The first-order valence-corrected chi connectivity index (χ1v) is 6.22. The topological polar surface area (TPSA) is 12.0 Å². The lowest BCUT2D eigenvalue weighted by Crippen LogP contribution is -2.46. The lowest BCUT2D eigenvalue weighted by molar-refractivity contribution is 0.170. The Bertz CT molecular complexity index is 140. The van der Waals surface area contributed by atoms with E-state index in [1.165, 1.54) is 19.3 Å². The van der Waals surface area contributed by atoms with Crippen molar-refractivity contribution in [1.29, 1.82) is 0 Å². The summed E-state index contributed by atoms with van der Waals surface area (Å²) < 4.78 is 0. The van der Waals surface area contributed by atoms with E-state index in [1.54, 1.807) is 0 Å². The van der Waals surface area contributed by atoms with Gasteiger partial charge in [-0.2, -0.15) is 0 Å². The minimum absolute atomic E-state index is 0.421. The number of hydrogen-bond acceptors (Lipinski definition) is 1. The summed E-state index contributed by atoms with van der Waals surface area (Å²) in [6, 6.07) is 0.664. The molecule has 0 amide bonds. The van der Waals surface area contributed by atoms with Crippen molar-refractivity contribution in [2.45, 2.75) is 66.8 Å². The van der Waals surface area contributed by atoms with Gasteiger partial charge in [-0.1, -0.05) is 48.0 Å². The van der Waals surface area contributed by atoms with Crippen molar-refractivity contribution >= 4 is 0 Å². The Balaban J connectivity index is 4.40. The predicted octanol–water partition coefficient (Wildman–Crippen LogP) is 3.84. The third-order valence-corrected chi connectivity index (χ3v) is 3.49. The van der Waals surface area contributed by atoms with Crippen LogP contribution in [0.5, 0.6) is 0 Å². The molecule has 0 fully saturated rings. The van der Waals surface area contributed by atoms with E-state index in [0.29, 0.717) is 11.5 Å². The zero-order valence-corrected chi connectivity index (χ0v) is 11.0. The fraction of sp³-hybridized carbons (Fsp3) is 1.00. The molecule has 0 spiro atoms. The second-order valence-corrected chi connectivity index (χ2v) is 5.14. The predicted molar refractivity (Wildman–Crippen MR) is 65.6 cm³/mol. The summed E-state index contributed by atoms with van der Waals surface area (Å²) in [6.07, 6.45) is 3.88. The van der Waals surface area contributed by atoms with Crippen molar-refractivity contribution in [3.63, 3.8) is 0 Å². The number of rotatable bonds is 7. The molecule has 0 saturated carbocycles. The first-order valence-electron chi connectivity index (χ1n) is 6.22. The second kappa shape index (κ2) is 6.44. The molecule has 0 heterocycles. The summed E-state index contributed by atoms with van der Waals surface area (Å²) in [5, 5.41) is 3.66. The highest BCUT2D eigenvalue weighted by molar-refractivity contribution is 4.86. The minimum Gasteiger partial charge on any atom is -0.313 e. The summed E-state index contributed by atoms with van der Waals surface area (Å²) in [4.78, 5) is 0. The summed E-state index contributed by atoms with van der Waals surface area (Å²) in [7, 11) is 0. The molecule has 0 rings (SSSR count). The molecular weight excluding hydrogens is 170 g/mol. The highest BCUT2D eigenvalue weighted by atomic mass is 14.9.